The number of unbranched alkanes of at least 4 members (excludes halogenated alkanes) is 12. The summed E-state index contributed by atoms with van der Waals surface area (Å²) in [5.41, 5.74) is 0. The van der Waals surface area contributed by atoms with Crippen molar-refractivity contribution in [2.24, 2.45) is 0 Å². The van der Waals surface area contributed by atoms with E-state index in [1.54, 1.807) is 0 Å². The van der Waals surface area contributed by atoms with Crippen LogP contribution in [0.5, 0.6) is 0 Å². The lowest BCUT2D eigenvalue weighted by Gasteiger charge is -2.15. The largest absolute Gasteiger partial charge is 0.480 e. The lowest BCUT2D eigenvalue weighted by molar-refractivity contribution is -0.141. The van der Waals surface area contributed by atoms with E-state index in [0.717, 1.165) is 19.3 Å². The minimum atomic E-state index is -1.07. The molecule has 0 aliphatic heterocycles. The molecule has 0 saturated carbocycles. The van der Waals surface area contributed by atoms with Gasteiger partial charge < -0.3 is 20.6 Å². The SMILES string of the molecule is CCCCCCCCCCCCCCCC(=O)N[C@@H](CSC[C@@H](O)CO)C(=O)O. The van der Waals surface area contributed by atoms with Crippen molar-refractivity contribution in [3.63, 3.8) is 0 Å². The predicted octanol–water partition coefficient (Wildman–Crippen LogP) is 4.12. The number of carboxylic acid groups (broad SMARTS) is 1. The molecule has 172 valence electrons. The zero-order chi connectivity index (χ0) is 21.7. The number of aliphatic carboxylic acids is 1. The number of thioether (sulfide) groups is 1. The third-order valence-corrected chi connectivity index (χ3v) is 6.14. The van der Waals surface area contributed by atoms with Crippen molar-refractivity contribution in [3.05, 3.63) is 0 Å². The number of aliphatic hydroxyl groups is 2. The number of hydrogen-bond acceptors (Lipinski definition) is 5. The first-order chi connectivity index (χ1) is 14.0. The van der Waals surface area contributed by atoms with Crippen LogP contribution in [0.3, 0.4) is 0 Å². The molecule has 0 unspecified atom stereocenters. The van der Waals surface area contributed by atoms with E-state index in [9.17, 15) is 19.8 Å². The quantitative estimate of drug-likeness (QED) is 0.203. The van der Waals surface area contributed by atoms with E-state index in [-0.39, 0.29) is 24.0 Å². The average Bonchev–Trinajstić information content (AvgIpc) is 2.70. The second-order valence-electron chi connectivity index (χ2n) is 7.82. The third kappa shape index (κ3) is 18.9. The average molecular weight is 434 g/mol. The molecule has 0 aliphatic rings. The Kier molecular flexibility index (Phi) is 19.9. The van der Waals surface area contributed by atoms with E-state index in [0.29, 0.717) is 6.42 Å². The Morgan fingerprint density at radius 1 is 0.828 bits per heavy atom. The van der Waals surface area contributed by atoms with Crippen LogP contribution in [0.25, 0.3) is 0 Å². The van der Waals surface area contributed by atoms with Gasteiger partial charge in [-0.05, 0) is 6.42 Å². The first-order valence-electron chi connectivity index (χ1n) is 11.4. The maximum Gasteiger partial charge on any atom is 0.327 e. The molecule has 2 atom stereocenters. The fraction of sp³-hybridized carbons (Fsp3) is 0.909. The van der Waals surface area contributed by atoms with Crippen molar-refractivity contribution in [3.8, 4) is 0 Å². The first kappa shape index (κ1) is 28.2. The zero-order valence-electron chi connectivity index (χ0n) is 18.2. The van der Waals surface area contributed by atoms with E-state index >= 15 is 0 Å². The highest BCUT2D eigenvalue weighted by molar-refractivity contribution is 7.99. The molecule has 0 aromatic carbocycles. The highest BCUT2D eigenvalue weighted by Gasteiger charge is 2.20. The maximum atomic E-state index is 11.9. The maximum absolute atomic E-state index is 11.9. The molecule has 7 heteroatoms. The highest BCUT2D eigenvalue weighted by atomic mass is 32.2. The molecule has 0 spiro atoms. The molecule has 0 rings (SSSR count). The second kappa shape index (κ2) is 20.5. The number of nitrogens with one attached hydrogen (secondary N) is 1. The standard InChI is InChI=1S/C22H43NO5S/c1-2-3-4-5-6-7-8-9-10-11-12-13-14-15-21(26)23-20(22(27)28)18-29-17-19(25)16-24/h19-20,24-25H,2-18H2,1H3,(H,23,26)(H,27,28)/t19-,20-/m0/s1. The fourth-order valence-electron chi connectivity index (χ4n) is 3.12. The summed E-state index contributed by atoms with van der Waals surface area (Å²) in [5.74, 6) is -0.885. The van der Waals surface area contributed by atoms with Gasteiger partial charge in [0.1, 0.15) is 6.04 Å². The summed E-state index contributed by atoms with van der Waals surface area (Å²) in [5, 5.41) is 29.8. The minimum absolute atomic E-state index is 0.177. The number of rotatable bonds is 21. The van der Waals surface area contributed by atoms with Crippen molar-refractivity contribution >= 4 is 23.6 Å². The topological polar surface area (TPSA) is 107 Å². The van der Waals surface area contributed by atoms with Gasteiger partial charge >= 0.3 is 5.97 Å². The van der Waals surface area contributed by atoms with Crippen LogP contribution in [0.1, 0.15) is 96.8 Å². The van der Waals surface area contributed by atoms with Gasteiger partial charge in [-0.1, -0.05) is 84.0 Å². The summed E-state index contributed by atoms with van der Waals surface area (Å²) >= 11 is 1.21. The van der Waals surface area contributed by atoms with Gasteiger partial charge in [-0.25, -0.2) is 4.79 Å². The fourth-order valence-corrected chi connectivity index (χ4v) is 4.09. The number of carboxylic acids is 1. The molecule has 0 heterocycles. The number of hydrogen-bond donors (Lipinski definition) is 4. The molecule has 0 aromatic heterocycles. The van der Waals surface area contributed by atoms with Gasteiger partial charge in [0.25, 0.3) is 0 Å². The van der Waals surface area contributed by atoms with Crippen molar-refractivity contribution < 1.29 is 24.9 Å². The number of carbonyl (C=O) groups is 2. The van der Waals surface area contributed by atoms with Gasteiger partial charge in [-0.15, -0.1) is 0 Å². The number of aliphatic hydroxyl groups excluding tert-OH is 2. The Morgan fingerprint density at radius 3 is 1.76 bits per heavy atom. The Morgan fingerprint density at radius 2 is 1.31 bits per heavy atom. The van der Waals surface area contributed by atoms with E-state index in [1.165, 1.54) is 76.0 Å². The van der Waals surface area contributed by atoms with Crippen LogP contribution in [0.2, 0.25) is 0 Å². The summed E-state index contributed by atoms with van der Waals surface area (Å²) in [4.78, 5) is 23.2. The molecular formula is C22H43NO5S. The highest BCUT2D eigenvalue weighted by Crippen LogP contribution is 2.13. The van der Waals surface area contributed by atoms with Crippen molar-refractivity contribution in [1.29, 1.82) is 0 Å². The van der Waals surface area contributed by atoms with Crippen LogP contribution < -0.4 is 5.32 Å². The lowest BCUT2D eigenvalue weighted by Crippen LogP contribution is -2.42. The summed E-state index contributed by atoms with van der Waals surface area (Å²) in [6.45, 7) is 1.89. The van der Waals surface area contributed by atoms with Gasteiger partial charge in [0.15, 0.2) is 0 Å². The number of amides is 1. The van der Waals surface area contributed by atoms with E-state index < -0.39 is 18.1 Å². The van der Waals surface area contributed by atoms with Crippen LogP contribution >= 0.6 is 11.8 Å². The van der Waals surface area contributed by atoms with Gasteiger partial charge in [-0.3, -0.25) is 4.79 Å². The number of carbonyl (C=O) groups excluding carboxylic acids is 1. The molecule has 0 radical (unpaired) electrons. The van der Waals surface area contributed by atoms with Gasteiger partial charge in [0.05, 0.1) is 12.7 Å². The zero-order valence-corrected chi connectivity index (χ0v) is 19.1. The Bertz CT molecular complexity index is 409. The van der Waals surface area contributed by atoms with Gasteiger partial charge in [0.2, 0.25) is 5.91 Å². The van der Waals surface area contributed by atoms with Gasteiger partial charge in [0, 0.05) is 17.9 Å². The smallest absolute Gasteiger partial charge is 0.327 e. The Labute approximate surface area is 181 Å². The van der Waals surface area contributed by atoms with Crippen LogP contribution in [0.15, 0.2) is 0 Å². The second-order valence-corrected chi connectivity index (χ2v) is 8.90. The van der Waals surface area contributed by atoms with Crippen LogP contribution in [0, 0.1) is 0 Å². The van der Waals surface area contributed by atoms with Crippen LogP contribution in [-0.2, 0) is 9.59 Å². The minimum Gasteiger partial charge on any atom is -0.480 e. The molecule has 0 saturated heterocycles. The molecule has 29 heavy (non-hydrogen) atoms. The monoisotopic (exact) mass is 433 g/mol. The van der Waals surface area contributed by atoms with E-state index in [1.807, 2.05) is 0 Å². The summed E-state index contributed by atoms with van der Waals surface area (Å²) in [6.07, 6.45) is 15.6. The Balaban J connectivity index is 3.58. The molecule has 0 fully saturated rings. The third-order valence-electron chi connectivity index (χ3n) is 4.95. The molecule has 0 aliphatic carbocycles. The summed E-state index contributed by atoms with van der Waals surface area (Å²) in [6, 6.07) is -0.958. The molecule has 4 N–H and O–H groups in total. The van der Waals surface area contributed by atoms with Crippen molar-refractivity contribution in [2.45, 2.75) is 109 Å². The van der Waals surface area contributed by atoms with Crippen LogP contribution in [0.4, 0.5) is 0 Å². The molecule has 0 aromatic rings. The van der Waals surface area contributed by atoms with Crippen LogP contribution in [-0.4, -0.2) is 57.5 Å². The lowest BCUT2D eigenvalue weighted by atomic mass is 10.0. The Hall–Kier alpha value is -0.790. The normalized spacial score (nSPS) is 13.2. The predicted molar refractivity (Wildman–Crippen MR) is 120 cm³/mol. The van der Waals surface area contributed by atoms with Gasteiger partial charge in [-0.2, -0.15) is 11.8 Å². The molecule has 0 bridgehead atoms. The van der Waals surface area contributed by atoms with Crippen molar-refractivity contribution in [2.75, 3.05) is 18.1 Å². The van der Waals surface area contributed by atoms with Crippen molar-refractivity contribution in [1.82, 2.24) is 5.32 Å². The molecular weight excluding hydrogens is 390 g/mol. The first-order valence-corrected chi connectivity index (χ1v) is 12.6. The molecule has 1 amide bonds. The summed E-state index contributed by atoms with van der Waals surface area (Å²) in [7, 11) is 0. The summed E-state index contributed by atoms with van der Waals surface area (Å²) < 4.78 is 0. The molecule has 6 nitrogen and oxygen atoms in total. The van der Waals surface area contributed by atoms with E-state index in [2.05, 4.69) is 12.2 Å². The van der Waals surface area contributed by atoms with E-state index in [4.69, 9.17) is 5.11 Å².